The van der Waals surface area contributed by atoms with Crippen LogP contribution in [0.4, 0.5) is 43.0 Å². The van der Waals surface area contributed by atoms with Gasteiger partial charge in [-0.2, -0.15) is 28.4 Å². The van der Waals surface area contributed by atoms with E-state index in [2.05, 4.69) is 10.3 Å². The lowest BCUT2D eigenvalue weighted by Gasteiger charge is -2.42. The van der Waals surface area contributed by atoms with Crippen LogP contribution >= 0.6 is 0 Å². The zero-order chi connectivity index (χ0) is 41.2. The number of nitrogens with zero attached hydrogens (tertiary/aromatic N) is 6. The number of halogens is 5. The molecule has 4 saturated heterocycles. The molecule has 1 N–H and O–H groups in total. The van der Waals surface area contributed by atoms with Crippen molar-refractivity contribution in [1.82, 2.24) is 19.8 Å². The maximum atomic E-state index is 17.1. The van der Waals surface area contributed by atoms with Crippen molar-refractivity contribution in [3.8, 4) is 23.2 Å². The number of ether oxygens (including phenoxy) is 3. The number of rotatable bonds is 6. The van der Waals surface area contributed by atoms with Crippen molar-refractivity contribution in [3.63, 3.8) is 0 Å². The summed E-state index contributed by atoms with van der Waals surface area (Å²) in [6, 6.07) is 5.14. The fraction of sp³-hybridized carbons (Fsp3) is 0.575. The van der Waals surface area contributed by atoms with Crippen LogP contribution < -0.4 is 15.0 Å². The van der Waals surface area contributed by atoms with Crippen molar-refractivity contribution in [2.75, 3.05) is 43.0 Å². The first-order valence-electron chi connectivity index (χ1n) is 19.1. The van der Waals surface area contributed by atoms with Crippen LogP contribution in [0.15, 0.2) is 24.3 Å². The largest absolute Gasteiger partial charge is 0.461 e. The van der Waals surface area contributed by atoms with E-state index in [0.29, 0.717) is 38.9 Å². The Kier molecular flexibility index (Phi) is 10.2. The molecule has 0 radical (unpaired) electrons. The molecule has 2 amide bonds. The summed E-state index contributed by atoms with van der Waals surface area (Å²) in [4.78, 5) is 40.7. The summed E-state index contributed by atoms with van der Waals surface area (Å²) < 4.78 is 93.2. The van der Waals surface area contributed by atoms with Crippen LogP contribution in [0.3, 0.4) is 0 Å². The van der Waals surface area contributed by atoms with Crippen molar-refractivity contribution in [1.29, 1.82) is 5.26 Å². The van der Waals surface area contributed by atoms with Crippen molar-refractivity contribution >= 4 is 34.6 Å². The molecule has 5 heterocycles. The number of fused-ring (bicyclic) bond motifs is 4. The number of carbonyl (C=O) groups is 2. The molecule has 4 aliphatic heterocycles. The molecule has 4 fully saturated rings. The average Bonchev–Trinajstić information content (AvgIpc) is 3.71. The van der Waals surface area contributed by atoms with Gasteiger partial charge in [0.25, 0.3) is 0 Å². The number of carbonyl (C=O) groups excluding carboxylic acids is 2. The number of nitriles is 1. The van der Waals surface area contributed by atoms with Crippen LogP contribution in [0.25, 0.3) is 22.0 Å². The first-order chi connectivity index (χ1) is 26.6. The molecular formula is C40H46F5N7O5. The lowest BCUT2D eigenvalue weighted by atomic mass is 9.93. The number of hydrogen-bond acceptors (Lipinski definition) is 10. The summed E-state index contributed by atoms with van der Waals surface area (Å²) in [5.41, 5.74) is -6.33. The molecule has 0 unspecified atom stereocenters. The van der Waals surface area contributed by atoms with Gasteiger partial charge in [-0.25, -0.2) is 18.4 Å². The Morgan fingerprint density at radius 1 is 0.982 bits per heavy atom. The third-order valence-corrected chi connectivity index (χ3v) is 10.9. The van der Waals surface area contributed by atoms with Crippen LogP contribution in [0.1, 0.15) is 84.8 Å². The van der Waals surface area contributed by atoms with Gasteiger partial charge < -0.3 is 19.1 Å². The molecule has 0 saturated carbocycles. The topological polar surface area (TPSA) is 133 Å². The number of piperazine rings is 1. The third-order valence-electron chi connectivity index (χ3n) is 10.9. The first-order valence-corrected chi connectivity index (χ1v) is 19.1. The summed E-state index contributed by atoms with van der Waals surface area (Å²) in [5, 5.41) is 12.4. The number of benzene rings is 2. The molecule has 17 heteroatoms. The highest BCUT2D eigenvalue weighted by atomic mass is 19.4. The van der Waals surface area contributed by atoms with E-state index in [1.807, 2.05) is 9.80 Å². The number of anilines is 2. The number of nitrogens with one attached hydrogen (secondary N) is 1. The summed E-state index contributed by atoms with van der Waals surface area (Å²) in [5.74, 6) is -0.892. The molecule has 2 bridgehead atoms. The predicted molar refractivity (Wildman–Crippen MR) is 200 cm³/mol. The second kappa shape index (κ2) is 14.4. The van der Waals surface area contributed by atoms with Gasteiger partial charge >= 0.3 is 24.4 Å². The lowest BCUT2D eigenvalue weighted by Crippen LogP contribution is -2.57. The monoisotopic (exact) mass is 799 g/mol. The molecule has 0 aliphatic carbocycles. The molecule has 2 aromatic carbocycles. The molecule has 3 aromatic rings. The van der Waals surface area contributed by atoms with Crippen molar-refractivity contribution in [2.45, 2.75) is 115 Å². The number of alkyl halides is 4. The van der Waals surface area contributed by atoms with Gasteiger partial charge in [-0.05, 0) is 92.0 Å². The quantitative estimate of drug-likeness (QED) is 0.243. The smallest absolute Gasteiger partial charge is 0.418 e. The standard InChI is InChI=1S/C40H46F5N7O5/c1-37(2,3)56-35(53)47-24-14-22(17-46)30(40(43,44)45)29(15-24)27-10-11-28-32(31(27)42)48-34(55-21-39-12-7-13-51(39)18-23(41)16-39)49-33(28)50-19-25-8-9-26(20-50)52(25)36(54)57-38(4,5)6/h10-11,14-15,23,25-26H,7-9,12-13,16,18-21H2,1-6H3,(H,47,53)/t23-,25-,26+,39+/m1/s1. The van der Waals surface area contributed by atoms with Gasteiger partial charge in [0.1, 0.15) is 35.3 Å². The normalized spacial score (nSPS) is 23.7. The van der Waals surface area contributed by atoms with Crippen LogP contribution in [-0.4, -0.2) is 99.7 Å². The Labute approximate surface area is 327 Å². The van der Waals surface area contributed by atoms with Crippen LogP contribution in [0.5, 0.6) is 6.01 Å². The third kappa shape index (κ3) is 8.10. The number of amides is 2. The lowest BCUT2D eigenvalue weighted by molar-refractivity contribution is -0.137. The van der Waals surface area contributed by atoms with E-state index >= 15 is 4.39 Å². The Morgan fingerprint density at radius 2 is 1.67 bits per heavy atom. The van der Waals surface area contributed by atoms with Gasteiger partial charge in [0.05, 0.1) is 34.8 Å². The minimum Gasteiger partial charge on any atom is -0.461 e. The Bertz CT molecular complexity index is 2120. The fourth-order valence-electron chi connectivity index (χ4n) is 8.72. The Morgan fingerprint density at radius 3 is 2.30 bits per heavy atom. The van der Waals surface area contributed by atoms with Gasteiger partial charge in [-0.15, -0.1) is 0 Å². The molecule has 0 spiro atoms. The second-order valence-electron chi connectivity index (χ2n) is 17.4. The van der Waals surface area contributed by atoms with Crippen LogP contribution in [0.2, 0.25) is 0 Å². The van der Waals surface area contributed by atoms with E-state index in [4.69, 9.17) is 19.2 Å². The minimum absolute atomic E-state index is 0.0134. The van der Waals surface area contributed by atoms with E-state index < -0.39 is 69.3 Å². The first kappa shape index (κ1) is 40.2. The zero-order valence-corrected chi connectivity index (χ0v) is 32.7. The highest BCUT2D eigenvalue weighted by molar-refractivity contribution is 5.95. The van der Waals surface area contributed by atoms with Crippen molar-refractivity contribution < 1.29 is 45.8 Å². The maximum Gasteiger partial charge on any atom is 0.418 e. The fourth-order valence-corrected chi connectivity index (χ4v) is 8.72. The number of hydrogen-bond donors (Lipinski definition) is 1. The van der Waals surface area contributed by atoms with Crippen LogP contribution in [-0.2, 0) is 15.7 Å². The average molecular weight is 800 g/mol. The van der Waals surface area contributed by atoms with E-state index in [0.717, 1.165) is 24.6 Å². The van der Waals surface area contributed by atoms with E-state index in [1.54, 1.807) is 46.4 Å². The highest BCUT2D eigenvalue weighted by Crippen LogP contribution is 2.45. The van der Waals surface area contributed by atoms with Gasteiger partial charge in [-0.3, -0.25) is 15.1 Å². The minimum atomic E-state index is -5.10. The second-order valence-corrected chi connectivity index (χ2v) is 17.4. The molecule has 4 aliphatic rings. The maximum absolute atomic E-state index is 17.1. The Balaban J connectivity index is 1.33. The molecular weight excluding hydrogens is 753 g/mol. The summed E-state index contributed by atoms with van der Waals surface area (Å²) >= 11 is 0. The van der Waals surface area contributed by atoms with Crippen molar-refractivity contribution in [2.24, 2.45) is 0 Å². The SMILES string of the molecule is CC(C)(C)OC(=O)Nc1cc(C#N)c(C(F)(F)F)c(-c2ccc3c(N4C[C@H]5CC[C@@H](C4)N5C(=O)OC(C)(C)C)nc(OC[C@@]45CCCN4C[C@H](F)C5)nc3c2F)c1. The summed E-state index contributed by atoms with van der Waals surface area (Å²) in [7, 11) is 0. The van der Waals surface area contributed by atoms with Gasteiger partial charge in [0, 0.05) is 48.3 Å². The van der Waals surface area contributed by atoms with Gasteiger partial charge in [0.2, 0.25) is 0 Å². The molecule has 4 atom stereocenters. The zero-order valence-electron chi connectivity index (χ0n) is 32.7. The molecule has 7 rings (SSSR count). The summed E-state index contributed by atoms with van der Waals surface area (Å²) in [6.07, 6.45) is -4.44. The van der Waals surface area contributed by atoms with Crippen LogP contribution in [0, 0.1) is 17.1 Å². The molecule has 12 nitrogen and oxygen atoms in total. The van der Waals surface area contributed by atoms with E-state index in [-0.39, 0.29) is 60.1 Å². The predicted octanol–water partition coefficient (Wildman–Crippen LogP) is 8.22. The Hall–Kier alpha value is -4.98. The highest BCUT2D eigenvalue weighted by Gasteiger charge is 2.50. The molecule has 1 aromatic heterocycles. The molecule has 57 heavy (non-hydrogen) atoms. The van der Waals surface area contributed by atoms with Gasteiger partial charge in [-0.1, -0.05) is 6.07 Å². The number of aromatic nitrogens is 2. The van der Waals surface area contributed by atoms with Gasteiger partial charge in [0.15, 0.2) is 5.82 Å². The summed E-state index contributed by atoms with van der Waals surface area (Å²) in [6.45, 7) is 11.8. The van der Waals surface area contributed by atoms with E-state index in [9.17, 15) is 32.4 Å². The van der Waals surface area contributed by atoms with Crippen molar-refractivity contribution in [3.05, 3.63) is 41.2 Å². The van der Waals surface area contributed by atoms with E-state index in [1.165, 1.54) is 12.1 Å². The molecule has 306 valence electrons.